The van der Waals surface area contributed by atoms with Gasteiger partial charge in [-0.3, -0.25) is 10.1 Å². The fraction of sp³-hybridized carbons (Fsp3) is 0.133. The number of nitrogens with one attached hydrogen (secondary N) is 1. The summed E-state index contributed by atoms with van der Waals surface area (Å²) < 4.78 is 17.6. The molecule has 0 aliphatic carbocycles. The second-order valence-electron chi connectivity index (χ2n) is 4.87. The molecule has 0 unspecified atom stereocenters. The van der Waals surface area contributed by atoms with Crippen molar-refractivity contribution in [2.45, 2.75) is 6.10 Å². The largest absolute Gasteiger partial charge is 0.485 e. The normalized spacial score (nSPS) is 16.0. The lowest BCUT2D eigenvalue weighted by Crippen LogP contribution is -2.40. The van der Waals surface area contributed by atoms with Gasteiger partial charge in [0.15, 0.2) is 11.5 Å². The van der Waals surface area contributed by atoms with E-state index in [0.717, 1.165) is 8.66 Å². The number of nitrogens with zero attached hydrogens (tertiary/aromatic N) is 2. The van der Waals surface area contributed by atoms with E-state index in [1.54, 1.807) is 12.1 Å². The minimum atomic E-state index is -0.786. The molecule has 3 aromatic rings. The number of halogens is 1. The van der Waals surface area contributed by atoms with Crippen LogP contribution in [0.3, 0.4) is 0 Å². The zero-order valence-corrected chi connectivity index (χ0v) is 14.5. The number of thiophene rings is 1. The number of ether oxygens (including phenoxy) is 2. The smallest absolute Gasteiger partial charge is 0.322 e. The molecule has 9 heteroatoms. The van der Waals surface area contributed by atoms with Gasteiger partial charge in [0, 0.05) is 0 Å². The molecule has 0 fully saturated rings. The Morgan fingerprint density at radius 3 is 2.83 bits per heavy atom. The molecule has 24 heavy (non-hydrogen) atoms. The average molecular weight is 408 g/mol. The molecule has 1 atom stereocenters. The summed E-state index contributed by atoms with van der Waals surface area (Å²) in [5.41, 5.74) is 0. The first-order valence-electron chi connectivity index (χ1n) is 6.97. The Balaban J connectivity index is 1.44. The summed E-state index contributed by atoms with van der Waals surface area (Å²) in [7, 11) is 0. The van der Waals surface area contributed by atoms with Crippen molar-refractivity contribution in [3.05, 3.63) is 40.2 Å². The second kappa shape index (κ2) is 6.25. The van der Waals surface area contributed by atoms with Crippen molar-refractivity contribution < 1.29 is 18.7 Å². The van der Waals surface area contributed by atoms with Crippen LogP contribution in [0.1, 0.15) is 0 Å². The molecule has 3 heterocycles. The van der Waals surface area contributed by atoms with E-state index in [2.05, 4.69) is 31.4 Å². The van der Waals surface area contributed by atoms with Gasteiger partial charge in [0.2, 0.25) is 6.10 Å². The van der Waals surface area contributed by atoms with E-state index < -0.39 is 12.0 Å². The molecule has 7 nitrogen and oxygen atoms in total. The van der Waals surface area contributed by atoms with Gasteiger partial charge in [-0.05, 0) is 40.2 Å². The Kier molecular flexibility index (Phi) is 3.95. The van der Waals surface area contributed by atoms with Crippen molar-refractivity contribution >= 4 is 39.2 Å². The predicted octanol–water partition coefficient (Wildman–Crippen LogP) is 3.34. The maximum Gasteiger partial charge on any atom is 0.322 e. The van der Waals surface area contributed by atoms with E-state index in [1.807, 2.05) is 24.3 Å². The van der Waals surface area contributed by atoms with Crippen molar-refractivity contribution in [1.29, 1.82) is 0 Å². The van der Waals surface area contributed by atoms with Gasteiger partial charge >= 0.3 is 6.01 Å². The highest BCUT2D eigenvalue weighted by atomic mass is 79.9. The Labute approximate surface area is 148 Å². The van der Waals surface area contributed by atoms with Gasteiger partial charge in [0.1, 0.15) is 6.61 Å². The molecule has 1 aromatic carbocycles. The summed E-state index contributed by atoms with van der Waals surface area (Å²) in [6.45, 7) is 0.113. The number of fused-ring (bicyclic) bond motifs is 1. The third-order valence-electron chi connectivity index (χ3n) is 3.24. The van der Waals surface area contributed by atoms with Gasteiger partial charge < -0.3 is 13.9 Å². The Morgan fingerprint density at radius 1 is 1.21 bits per heavy atom. The monoisotopic (exact) mass is 407 g/mol. The fourth-order valence-corrected chi connectivity index (χ4v) is 3.44. The number of para-hydroxylation sites is 2. The number of hydrogen-bond acceptors (Lipinski definition) is 7. The zero-order chi connectivity index (χ0) is 16.5. The van der Waals surface area contributed by atoms with Crippen LogP contribution >= 0.6 is 27.3 Å². The van der Waals surface area contributed by atoms with E-state index in [1.165, 1.54) is 11.3 Å². The van der Waals surface area contributed by atoms with Gasteiger partial charge in [-0.2, -0.15) is 0 Å². The van der Waals surface area contributed by atoms with Crippen molar-refractivity contribution in [2.75, 3.05) is 11.9 Å². The topological polar surface area (TPSA) is 86.5 Å². The van der Waals surface area contributed by atoms with Gasteiger partial charge in [-0.1, -0.05) is 17.2 Å². The number of aromatic nitrogens is 2. The number of hydrogen-bond donors (Lipinski definition) is 1. The van der Waals surface area contributed by atoms with E-state index in [0.29, 0.717) is 17.4 Å². The molecule has 4 rings (SSSR count). The highest BCUT2D eigenvalue weighted by molar-refractivity contribution is 9.11. The molecule has 1 aliphatic rings. The molecule has 0 spiro atoms. The van der Waals surface area contributed by atoms with Crippen LogP contribution in [0.25, 0.3) is 10.8 Å². The van der Waals surface area contributed by atoms with Crippen LogP contribution in [0, 0.1) is 0 Å². The molecule has 122 valence electrons. The Morgan fingerprint density at radius 2 is 2.04 bits per heavy atom. The van der Waals surface area contributed by atoms with Gasteiger partial charge in [0.05, 0.1) is 8.66 Å². The van der Waals surface area contributed by atoms with Crippen LogP contribution in [0.2, 0.25) is 0 Å². The highest BCUT2D eigenvalue weighted by Crippen LogP contribution is 2.32. The number of rotatable bonds is 3. The minimum Gasteiger partial charge on any atom is -0.485 e. The standard InChI is InChI=1S/C15H10BrN3O4S/c16-12-6-5-11(24-12)14-18-19-15(23-14)17-13(20)10-7-21-8-3-1-2-4-9(8)22-10/h1-6,10H,7H2,(H,17,19,20)/t10-/m1/s1. The SMILES string of the molecule is O=C(Nc1nnc(-c2ccc(Br)s2)o1)[C@H]1COc2ccccc2O1. The summed E-state index contributed by atoms with van der Waals surface area (Å²) in [6.07, 6.45) is -0.786. The first-order valence-corrected chi connectivity index (χ1v) is 8.58. The van der Waals surface area contributed by atoms with Crippen molar-refractivity contribution in [2.24, 2.45) is 0 Å². The molecule has 2 aromatic heterocycles. The third-order valence-corrected chi connectivity index (χ3v) is 4.85. The number of carbonyl (C=O) groups excluding carboxylic acids is 1. The summed E-state index contributed by atoms with van der Waals surface area (Å²) in [5.74, 6) is 1.07. The number of benzene rings is 1. The molecule has 1 N–H and O–H groups in total. The summed E-state index contributed by atoms with van der Waals surface area (Å²) in [6, 6.07) is 10.9. The highest BCUT2D eigenvalue weighted by Gasteiger charge is 2.28. The van der Waals surface area contributed by atoms with Crippen molar-refractivity contribution in [3.8, 4) is 22.3 Å². The summed E-state index contributed by atoms with van der Waals surface area (Å²) in [4.78, 5) is 13.1. The minimum absolute atomic E-state index is 0.0157. The van der Waals surface area contributed by atoms with E-state index in [4.69, 9.17) is 13.9 Å². The second-order valence-corrected chi connectivity index (χ2v) is 7.33. The maximum atomic E-state index is 12.3. The maximum absolute atomic E-state index is 12.3. The lowest BCUT2D eigenvalue weighted by molar-refractivity contribution is -0.125. The molecule has 0 bridgehead atoms. The lowest BCUT2D eigenvalue weighted by Gasteiger charge is -2.24. The quantitative estimate of drug-likeness (QED) is 0.716. The molecular formula is C15H10BrN3O4S. The van der Waals surface area contributed by atoms with Gasteiger partial charge in [-0.25, -0.2) is 0 Å². The van der Waals surface area contributed by atoms with E-state index >= 15 is 0 Å². The lowest BCUT2D eigenvalue weighted by atomic mass is 10.2. The first kappa shape index (κ1) is 15.2. The number of carbonyl (C=O) groups is 1. The van der Waals surface area contributed by atoms with E-state index in [-0.39, 0.29) is 12.6 Å². The fourth-order valence-electron chi connectivity index (χ4n) is 2.14. The van der Waals surface area contributed by atoms with Crippen LogP contribution in [0.5, 0.6) is 11.5 Å². The number of anilines is 1. The van der Waals surface area contributed by atoms with Gasteiger partial charge in [-0.15, -0.1) is 16.4 Å². The molecule has 1 amide bonds. The molecular weight excluding hydrogens is 398 g/mol. The molecule has 0 saturated heterocycles. The number of amides is 1. The first-order chi connectivity index (χ1) is 11.7. The van der Waals surface area contributed by atoms with E-state index in [9.17, 15) is 4.79 Å². The summed E-state index contributed by atoms with van der Waals surface area (Å²) >= 11 is 4.83. The Hall–Kier alpha value is -2.39. The Bertz CT molecular complexity index is 894. The van der Waals surface area contributed by atoms with Gasteiger partial charge in [0.25, 0.3) is 11.8 Å². The molecule has 1 aliphatic heterocycles. The molecule has 0 saturated carbocycles. The molecule has 0 radical (unpaired) electrons. The predicted molar refractivity (Wildman–Crippen MR) is 90.3 cm³/mol. The van der Waals surface area contributed by atoms with Crippen molar-refractivity contribution in [3.63, 3.8) is 0 Å². The van der Waals surface area contributed by atoms with Crippen LogP contribution in [-0.4, -0.2) is 28.8 Å². The third kappa shape index (κ3) is 3.00. The summed E-state index contributed by atoms with van der Waals surface area (Å²) in [5, 5.41) is 10.3. The zero-order valence-electron chi connectivity index (χ0n) is 12.1. The van der Waals surface area contributed by atoms with Crippen LogP contribution in [0.15, 0.2) is 44.6 Å². The average Bonchev–Trinajstić information content (AvgIpc) is 3.23. The van der Waals surface area contributed by atoms with Crippen LogP contribution in [-0.2, 0) is 4.79 Å². The van der Waals surface area contributed by atoms with Crippen LogP contribution in [0.4, 0.5) is 6.01 Å². The van der Waals surface area contributed by atoms with Crippen molar-refractivity contribution in [1.82, 2.24) is 10.2 Å². The van der Waals surface area contributed by atoms with Crippen LogP contribution < -0.4 is 14.8 Å².